The van der Waals surface area contributed by atoms with Crippen LogP contribution in [0.15, 0.2) is 0 Å². The first kappa shape index (κ1) is 13.3. The van der Waals surface area contributed by atoms with Crippen molar-refractivity contribution >= 4 is 0 Å². The predicted octanol–water partition coefficient (Wildman–Crippen LogP) is 2.02. The van der Waals surface area contributed by atoms with Crippen molar-refractivity contribution in [3.8, 4) is 0 Å². The lowest BCUT2D eigenvalue weighted by molar-refractivity contribution is -0.103. The summed E-state index contributed by atoms with van der Waals surface area (Å²) < 4.78 is 5.94. The summed E-state index contributed by atoms with van der Waals surface area (Å²) in [7, 11) is 0. The van der Waals surface area contributed by atoms with Crippen molar-refractivity contribution < 1.29 is 4.74 Å². The molecule has 4 atom stereocenters. The highest BCUT2D eigenvalue weighted by molar-refractivity contribution is 4.92. The molecule has 1 saturated carbocycles. The van der Waals surface area contributed by atoms with E-state index in [0.29, 0.717) is 24.2 Å². The van der Waals surface area contributed by atoms with Gasteiger partial charge < -0.3 is 10.1 Å². The van der Waals surface area contributed by atoms with Crippen LogP contribution in [0.4, 0.5) is 0 Å². The van der Waals surface area contributed by atoms with Gasteiger partial charge in [0.1, 0.15) is 0 Å². The fourth-order valence-corrected chi connectivity index (χ4v) is 3.41. The zero-order chi connectivity index (χ0) is 12.3. The van der Waals surface area contributed by atoms with Crippen LogP contribution in [0.2, 0.25) is 0 Å². The predicted molar refractivity (Wildman–Crippen MR) is 71.3 cm³/mol. The molecule has 1 saturated heterocycles. The van der Waals surface area contributed by atoms with Crippen molar-refractivity contribution in [2.45, 2.75) is 70.7 Å². The molecule has 2 rings (SSSR count). The van der Waals surface area contributed by atoms with Gasteiger partial charge in [0.05, 0.1) is 12.7 Å². The van der Waals surface area contributed by atoms with Crippen molar-refractivity contribution in [1.29, 1.82) is 0 Å². The lowest BCUT2D eigenvalue weighted by Crippen LogP contribution is -2.59. The average molecular weight is 240 g/mol. The molecule has 0 spiro atoms. The number of likely N-dealkylation sites (N-methyl/N-ethyl adjacent to an activating group) is 1. The van der Waals surface area contributed by atoms with Crippen molar-refractivity contribution in [3.63, 3.8) is 0 Å². The molecule has 1 N–H and O–H groups in total. The van der Waals surface area contributed by atoms with E-state index in [1.807, 2.05) is 0 Å². The Kier molecular flexibility index (Phi) is 4.83. The second kappa shape index (κ2) is 6.17. The summed E-state index contributed by atoms with van der Waals surface area (Å²) >= 11 is 0. The second-order valence-corrected chi connectivity index (χ2v) is 5.59. The van der Waals surface area contributed by atoms with Gasteiger partial charge in [0.2, 0.25) is 0 Å². The van der Waals surface area contributed by atoms with Gasteiger partial charge in [0.15, 0.2) is 0 Å². The minimum atomic E-state index is 0.508. The molecule has 0 amide bonds. The largest absolute Gasteiger partial charge is 0.375 e. The molecule has 1 aliphatic carbocycles. The van der Waals surface area contributed by atoms with Gasteiger partial charge in [-0.25, -0.2) is 0 Å². The summed E-state index contributed by atoms with van der Waals surface area (Å²) in [6.45, 7) is 9.95. The van der Waals surface area contributed by atoms with Gasteiger partial charge >= 0.3 is 0 Å². The molecule has 17 heavy (non-hydrogen) atoms. The van der Waals surface area contributed by atoms with E-state index < -0.39 is 0 Å². The molecule has 100 valence electrons. The minimum absolute atomic E-state index is 0.508. The third-order valence-corrected chi connectivity index (χ3v) is 4.55. The molecular formula is C14H28N2O. The fourth-order valence-electron chi connectivity index (χ4n) is 3.41. The molecule has 0 radical (unpaired) electrons. The molecule has 0 aromatic rings. The maximum atomic E-state index is 5.94. The summed E-state index contributed by atoms with van der Waals surface area (Å²) in [5.41, 5.74) is 0. The molecule has 1 heterocycles. The highest BCUT2D eigenvalue weighted by Gasteiger charge is 2.37. The Bertz CT molecular complexity index is 232. The standard InChI is InChI=1S/C14H28N2O/c1-4-15-11(2)12(3)16-9-10-17-14-8-6-5-7-13(14)16/h11-15H,4-10H2,1-3H3. The first-order valence-electron chi connectivity index (χ1n) is 7.34. The number of hydrogen-bond acceptors (Lipinski definition) is 3. The number of fused-ring (bicyclic) bond motifs is 1. The van der Waals surface area contributed by atoms with E-state index in [2.05, 4.69) is 31.0 Å². The number of nitrogens with zero attached hydrogens (tertiary/aromatic N) is 1. The lowest BCUT2D eigenvalue weighted by atomic mass is 9.88. The molecule has 3 heteroatoms. The Balaban J connectivity index is 1.97. The molecule has 2 aliphatic rings. The van der Waals surface area contributed by atoms with Gasteiger partial charge in [0, 0.05) is 24.7 Å². The van der Waals surface area contributed by atoms with E-state index in [1.54, 1.807) is 0 Å². The summed E-state index contributed by atoms with van der Waals surface area (Å²) in [6, 6.07) is 1.86. The Morgan fingerprint density at radius 2 is 2.06 bits per heavy atom. The zero-order valence-corrected chi connectivity index (χ0v) is 11.6. The van der Waals surface area contributed by atoms with Crippen molar-refractivity contribution in [1.82, 2.24) is 10.2 Å². The quantitative estimate of drug-likeness (QED) is 0.813. The molecule has 0 aromatic carbocycles. The van der Waals surface area contributed by atoms with E-state index in [4.69, 9.17) is 4.74 Å². The third kappa shape index (κ3) is 3.01. The van der Waals surface area contributed by atoms with Gasteiger partial charge in [-0.2, -0.15) is 0 Å². The Morgan fingerprint density at radius 1 is 1.29 bits per heavy atom. The topological polar surface area (TPSA) is 24.5 Å². The Hall–Kier alpha value is -0.120. The first-order valence-corrected chi connectivity index (χ1v) is 7.34. The van der Waals surface area contributed by atoms with Gasteiger partial charge in [-0.05, 0) is 33.2 Å². The van der Waals surface area contributed by atoms with Crippen molar-refractivity contribution in [3.05, 3.63) is 0 Å². The van der Waals surface area contributed by atoms with Gasteiger partial charge in [0.25, 0.3) is 0 Å². The van der Waals surface area contributed by atoms with Crippen LogP contribution in [0.5, 0.6) is 0 Å². The monoisotopic (exact) mass is 240 g/mol. The fraction of sp³-hybridized carbons (Fsp3) is 1.00. The number of hydrogen-bond donors (Lipinski definition) is 1. The lowest BCUT2D eigenvalue weighted by Gasteiger charge is -2.48. The highest BCUT2D eigenvalue weighted by Crippen LogP contribution is 2.30. The van der Waals surface area contributed by atoms with Crippen LogP contribution in [-0.4, -0.2) is 48.8 Å². The van der Waals surface area contributed by atoms with Crippen LogP contribution < -0.4 is 5.32 Å². The van der Waals surface area contributed by atoms with Crippen LogP contribution >= 0.6 is 0 Å². The van der Waals surface area contributed by atoms with Crippen LogP contribution in [0, 0.1) is 0 Å². The highest BCUT2D eigenvalue weighted by atomic mass is 16.5. The number of rotatable bonds is 4. The molecule has 0 aromatic heterocycles. The van der Waals surface area contributed by atoms with E-state index in [1.165, 1.54) is 25.7 Å². The normalized spacial score (nSPS) is 34.1. The zero-order valence-electron chi connectivity index (χ0n) is 11.6. The van der Waals surface area contributed by atoms with Crippen LogP contribution in [0.3, 0.4) is 0 Å². The maximum absolute atomic E-state index is 5.94. The average Bonchev–Trinajstić information content (AvgIpc) is 2.37. The Labute approximate surface area is 106 Å². The van der Waals surface area contributed by atoms with Gasteiger partial charge in [-0.15, -0.1) is 0 Å². The van der Waals surface area contributed by atoms with E-state index in [0.717, 1.165) is 19.7 Å². The minimum Gasteiger partial charge on any atom is -0.375 e. The van der Waals surface area contributed by atoms with E-state index in [9.17, 15) is 0 Å². The van der Waals surface area contributed by atoms with E-state index >= 15 is 0 Å². The molecule has 3 nitrogen and oxygen atoms in total. The maximum Gasteiger partial charge on any atom is 0.0731 e. The van der Waals surface area contributed by atoms with E-state index in [-0.39, 0.29) is 0 Å². The summed E-state index contributed by atoms with van der Waals surface area (Å²) in [5.74, 6) is 0. The van der Waals surface area contributed by atoms with Crippen molar-refractivity contribution in [2.24, 2.45) is 0 Å². The SMILES string of the molecule is CCNC(C)C(C)N1CCOC2CCCCC21. The van der Waals surface area contributed by atoms with Gasteiger partial charge in [-0.3, -0.25) is 4.90 Å². The number of morpholine rings is 1. The molecule has 0 bridgehead atoms. The Morgan fingerprint density at radius 3 is 2.82 bits per heavy atom. The number of nitrogens with one attached hydrogen (secondary N) is 1. The third-order valence-electron chi connectivity index (χ3n) is 4.55. The van der Waals surface area contributed by atoms with Crippen molar-refractivity contribution in [2.75, 3.05) is 19.7 Å². The van der Waals surface area contributed by atoms with Gasteiger partial charge in [-0.1, -0.05) is 19.8 Å². The summed E-state index contributed by atoms with van der Waals surface area (Å²) in [4.78, 5) is 2.70. The van der Waals surface area contributed by atoms with Crippen LogP contribution in [0.25, 0.3) is 0 Å². The molecule has 1 aliphatic heterocycles. The van der Waals surface area contributed by atoms with Crippen LogP contribution in [0.1, 0.15) is 46.5 Å². The molecule has 2 fully saturated rings. The number of ether oxygens (including phenoxy) is 1. The smallest absolute Gasteiger partial charge is 0.0731 e. The summed E-state index contributed by atoms with van der Waals surface area (Å²) in [5, 5.41) is 3.56. The first-order chi connectivity index (χ1) is 8.24. The second-order valence-electron chi connectivity index (χ2n) is 5.59. The molecule has 4 unspecified atom stereocenters. The van der Waals surface area contributed by atoms with Crippen LogP contribution in [-0.2, 0) is 4.74 Å². The molecular weight excluding hydrogens is 212 g/mol. The summed E-state index contributed by atoms with van der Waals surface area (Å²) in [6.07, 6.45) is 5.83.